The molecule has 0 heterocycles. The summed E-state index contributed by atoms with van der Waals surface area (Å²) < 4.78 is 6.21. The van der Waals surface area contributed by atoms with E-state index in [2.05, 4.69) is 54.3 Å². The van der Waals surface area contributed by atoms with Gasteiger partial charge in [-0.05, 0) is 51.9 Å². The van der Waals surface area contributed by atoms with E-state index < -0.39 is 0 Å². The summed E-state index contributed by atoms with van der Waals surface area (Å²) in [4.78, 5) is 0. The minimum absolute atomic E-state index is 0.283. The second-order valence-corrected chi connectivity index (χ2v) is 5.90. The lowest BCUT2D eigenvalue weighted by molar-refractivity contribution is 0.299. The highest BCUT2D eigenvalue weighted by atomic mass is 79.9. The van der Waals surface area contributed by atoms with Crippen LogP contribution >= 0.6 is 15.9 Å². The highest BCUT2D eigenvalue weighted by molar-refractivity contribution is 9.10. The molecule has 1 aromatic carbocycles. The van der Waals surface area contributed by atoms with Crippen LogP contribution < -0.4 is 16.0 Å². The molecule has 2 unspecified atom stereocenters. The Hall–Kier alpha value is -0.580. The van der Waals surface area contributed by atoms with Gasteiger partial charge in [0.15, 0.2) is 0 Å². The minimum atomic E-state index is 0.283. The molecule has 0 amide bonds. The van der Waals surface area contributed by atoms with Gasteiger partial charge in [-0.3, -0.25) is 11.3 Å². The van der Waals surface area contributed by atoms with Crippen LogP contribution in [0.1, 0.15) is 26.3 Å². The van der Waals surface area contributed by atoms with Crippen LogP contribution in [0.15, 0.2) is 22.7 Å². The molecule has 0 fully saturated rings. The Morgan fingerprint density at radius 3 is 2.44 bits per heavy atom. The van der Waals surface area contributed by atoms with Crippen molar-refractivity contribution in [3.05, 3.63) is 28.2 Å². The number of hydrazine groups is 1. The lowest BCUT2D eigenvalue weighted by atomic mass is 9.87. The molecule has 0 aromatic heterocycles. The van der Waals surface area contributed by atoms with E-state index >= 15 is 0 Å². The van der Waals surface area contributed by atoms with Crippen molar-refractivity contribution < 1.29 is 4.74 Å². The van der Waals surface area contributed by atoms with Crippen LogP contribution in [0.2, 0.25) is 0 Å². The van der Waals surface area contributed by atoms with Gasteiger partial charge in [0.1, 0.15) is 5.75 Å². The van der Waals surface area contributed by atoms with Crippen molar-refractivity contribution in [3.8, 4) is 5.75 Å². The monoisotopic (exact) mass is 314 g/mol. The molecule has 18 heavy (non-hydrogen) atoms. The summed E-state index contributed by atoms with van der Waals surface area (Å²) in [5, 5.41) is 0. The first-order chi connectivity index (χ1) is 8.49. The van der Waals surface area contributed by atoms with Gasteiger partial charge in [-0.1, -0.05) is 26.8 Å². The minimum Gasteiger partial charge on any atom is -0.496 e. The lowest BCUT2D eigenvalue weighted by Crippen LogP contribution is -2.43. The number of benzene rings is 1. The maximum atomic E-state index is 5.67. The van der Waals surface area contributed by atoms with Gasteiger partial charge in [-0.2, -0.15) is 0 Å². The van der Waals surface area contributed by atoms with Crippen molar-refractivity contribution in [2.24, 2.45) is 17.7 Å². The molecule has 4 heteroatoms. The van der Waals surface area contributed by atoms with Gasteiger partial charge in [-0.15, -0.1) is 0 Å². The standard InChI is InChI=1S/C14H23BrN2O/c1-9(2)10(3)13(17-16)8-11-5-6-14(18-4)12(15)7-11/h5-7,9-10,13,17H,8,16H2,1-4H3. The summed E-state index contributed by atoms with van der Waals surface area (Å²) in [5.74, 6) is 7.65. The van der Waals surface area contributed by atoms with Gasteiger partial charge in [0.2, 0.25) is 0 Å². The van der Waals surface area contributed by atoms with Gasteiger partial charge in [0, 0.05) is 6.04 Å². The lowest BCUT2D eigenvalue weighted by Gasteiger charge is -2.26. The molecule has 2 atom stereocenters. The predicted octanol–water partition coefficient (Wildman–Crippen LogP) is 3.12. The van der Waals surface area contributed by atoms with Gasteiger partial charge in [0.05, 0.1) is 11.6 Å². The molecule has 0 aliphatic heterocycles. The Balaban J connectivity index is 2.79. The van der Waals surface area contributed by atoms with Crippen LogP contribution in [0.5, 0.6) is 5.75 Å². The topological polar surface area (TPSA) is 47.3 Å². The van der Waals surface area contributed by atoms with Crippen molar-refractivity contribution >= 4 is 15.9 Å². The van der Waals surface area contributed by atoms with Gasteiger partial charge in [0.25, 0.3) is 0 Å². The largest absolute Gasteiger partial charge is 0.496 e. The molecular formula is C14H23BrN2O. The second kappa shape index (κ2) is 7.12. The molecule has 0 saturated heterocycles. The third-order valence-corrected chi connectivity index (χ3v) is 4.19. The predicted molar refractivity (Wildman–Crippen MR) is 79.5 cm³/mol. The first-order valence-corrected chi connectivity index (χ1v) is 7.07. The fourth-order valence-corrected chi connectivity index (χ4v) is 2.54. The van der Waals surface area contributed by atoms with E-state index in [1.165, 1.54) is 5.56 Å². The zero-order valence-electron chi connectivity index (χ0n) is 11.5. The van der Waals surface area contributed by atoms with Crippen molar-refractivity contribution in [1.82, 2.24) is 5.43 Å². The molecule has 0 radical (unpaired) electrons. The number of nitrogens with one attached hydrogen (secondary N) is 1. The number of hydrogen-bond acceptors (Lipinski definition) is 3. The Bertz CT molecular complexity index is 382. The van der Waals surface area contributed by atoms with Crippen molar-refractivity contribution in [1.29, 1.82) is 0 Å². The van der Waals surface area contributed by atoms with Crippen LogP contribution in [0.3, 0.4) is 0 Å². The first kappa shape index (κ1) is 15.5. The van der Waals surface area contributed by atoms with E-state index in [0.29, 0.717) is 11.8 Å². The highest BCUT2D eigenvalue weighted by Gasteiger charge is 2.19. The van der Waals surface area contributed by atoms with E-state index in [4.69, 9.17) is 10.6 Å². The molecule has 1 rings (SSSR count). The summed E-state index contributed by atoms with van der Waals surface area (Å²) in [6.07, 6.45) is 0.915. The number of ether oxygens (including phenoxy) is 1. The number of rotatable bonds is 6. The Morgan fingerprint density at radius 2 is 2.00 bits per heavy atom. The molecule has 102 valence electrons. The van der Waals surface area contributed by atoms with Gasteiger partial charge >= 0.3 is 0 Å². The van der Waals surface area contributed by atoms with Crippen LogP contribution in [0, 0.1) is 11.8 Å². The van der Waals surface area contributed by atoms with E-state index in [9.17, 15) is 0 Å². The summed E-state index contributed by atoms with van der Waals surface area (Å²) in [7, 11) is 1.67. The van der Waals surface area contributed by atoms with Crippen LogP contribution in [0.25, 0.3) is 0 Å². The van der Waals surface area contributed by atoms with E-state index in [-0.39, 0.29) is 6.04 Å². The van der Waals surface area contributed by atoms with Gasteiger partial charge in [-0.25, -0.2) is 0 Å². The summed E-state index contributed by atoms with van der Waals surface area (Å²) in [6.45, 7) is 6.67. The van der Waals surface area contributed by atoms with Crippen molar-refractivity contribution in [2.75, 3.05) is 7.11 Å². The first-order valence-electron chi connectivity index (χ1n) is 6.28. The smallest absolute Gasteiger partial charge is 0.133 e. The van der Waals surface area contributed by atoms with Crippen LogP contribution in [-0.4, -0.2) is 13.2 Å². The normalized spacial score (nSPS) is 14.6. The van der Waals surface area contributed by atoms with Crippen LogP contribution in [-0.2, 0) is 6.42 Å². The molecule has 3 N–H and O–H groups in total. The fourth-order valence-electron chi connectivity index (χ4n) is 1.95. The molecule has 0 bridgehead atoms. The van der Waals surface area contributed by atoms with E-state index in [0.717, 1.165) is 16.6 Å². The molecule has 0 saturated carbocycles. The average molecular weight is 315 g/mol. The molecule has 3 nitrogen and oxygen atoms in total. The molecule has 0 aliphatic rings. The zero-order chi connectivity index (χ0) is 13.7. The van der Waals surface area contributed by atoms with E-state index in [1.54, 1.807) is 7.11 Å². The number of nitrogens with two attached hydrogens (primary N) is 1. The number of hydrogen-bond donors (Lipinski definition) is 2. The Kier molecular flexibility index (Phi) is 6.12. The highest BCUT2D eigenvalue weighted by Crippen LogP contribution is 2.27. The van der Waals surface area contributed by atoms with Crippen LogP contribution in [0.4, 0.5) is 0 Å². The van der Waals surface area contributed by atoms with Crippen molar-refractivity contribution in [2.45, 2.75) is 33.2 Å². The molecule has 1 aromatic rings. The fraction of sp³-hybridized carbons (Fsp3) is 0.571. The molecular weight excluding hydrogens is 292 g/mol. The Morgan fingerprint density at radius 1 is 1.33 bits per heavy atom. The third kappa shape index (κ3) is 3.97. The van der Waals surface area contributed by atoms with E-state index in [1.807, 2.05) is 6.07 Å². The van der Waals surface area contributed by atoms with Gasteiger partial charge < -0.3 is 4.74 Å². The Labute approximate surface area is 118 Å². The maximum Gasteiger partial charge on any atom is 0.133 e. The summed E-state index contributed by atoms with van der Waals surface area (Å²) in [5.41, 5.74) is 4.18. The molecule has 0 aliphatic carbocycles. The maximum absolute atomic E-state index is 5.67. The zero-order valence-corrected chi connectivity index (χ0v) is 13.1. The second-order valence-electron chi connectivity index (χ2n) is 5.05. The SMILES string of the molecule is COc1ccc(CC(NN)C(C)C(C)C)cc1Br. The number of halogens is 1. The number of methoxy groups -OCH3 is 1. The average Bonchev–Trinajstić information content (AvgIpc) is 2.35. The van der Waals surface area contributed by atoms with Crippen molar-refractivity contribution in [3.63, 3.8) is 0 Å². The third-order valence-electron chi connectivity index (χ3n) is 3.57. The molecule has 0 spiro atoms. The quantitative estimate of drug-likeness (QED) is 0.626. The summed E-state index contributed by atoms with van der Waals surface area (Å²) >= 11 is 3.51. The summed E-state index contributed by atoms with van der Waals surface area (Å²) in [6, 6.07) is 6.44.